The van der Waals surface area contributed by atoms with Crippen molar-refractivity contribution in [2.75, 3.05) is 24.3 Å². The SMILES string of the molecule is CC1CN(C(=O)c2cnc(NN)c3ccccc23)CCS1. The van der Waals surface area contributed by atoms with E-state index in [0.29, 0.717) is 16.6 Å². The Morgan fingerprint density at radius 2 is 2.19 bits per heavy atom. The summed E-state index contributed by atoms with van der Waals surface area (Å²) >= 11 is 1.91. The molecule has 0 bridgehead atoms. The van der Waals surface area contributed by atoms with Gasteiger partial charge >= 0.3 is 0 Å². The molecule has 1 fully saturated rings. The molecule has 2 heterocycles. The molecule has 1 aliphatic rings. The summed E-state index contributed by atoms with van der Waals surface area (Å²) in [6, 6.07) is 7.70. The Morgan fingerprint density at radius 1 is 1.43 bits per heavy atom. The summed E-state index contributed by atoms with van der Waals surface area (Å²) in [5.41, 5.74) is 3.23. The van der Waals surface area contributed by atoms with Gasteiger partial charge in [0.05, 0.1) is 5.56 Å². The van der Waals surface area contributed by atoms with E-state index in [2.05, 4.69) is 17.3 Å². The molecule has 1 unspecified atom stereocenters. The van der Waals surface area contributed by atoms with Gasteiger partial charge in [-0.15, -0.1) is 0 Å². The molecule has 0 saturated carbocycles. The third kappa shape index (κ3) is 2.69. The monoisotopic (exact) mass is 302 g/mol. The van der Waals surface area contributed by atoms with Crippen LogP contribution in [-0.2, 0) is 0 Å². The van der Waals surface area contributed by atoms with Crippen molar-refractivity contribution < 1.29 is 4.79 Å². The van der Waals surface area contributed by atoms with Gasteiger partial charge in [-0.3, -0.25) is 4.79 Å². The van der Waals surface area contributed by atoms with Crippen LogP contribution in [0.5, 0.6) is 0 Å². The third-order valence-electron chi connectivity index (χ3n) is 3.69. The molecular formula is C15H18N4OS. The molecule has 0 spiro atoms. The summed E-state index contributed by atoms with van der Waals surface area (Å²) in [5.74, 6) is 7.12. The third-order valence-corrected chi connectivity index (χ3v) is 4.83. The number of nitrogens with two attached hydrogens (primary N) is 1. The molecule has 1 aromatic carbocycles. The minimum absolute atomic E-state index is 0.0504. The van der Waals surface area contributed by atoms with Crippen molar-refractivity contribution >= 4 is 34.3 Å². The highest BCUT2D eigenvalue weighted by atomic mass is 32.2. The lowest BCUT2D eigenvalue weighted by molar-refractivity contribution is 0.0765. The van der Waals surface area contributed by atoms with Crippen LogP contribution >= 0.6 is 11.8 Å². The van der Waals surface area contributed by atoms with Crippen molar-refractivity contribution in [3.8, 4) is 0 Å². The van der Waals surface area contributed by atoms with Crippen LogP contribution < -0.4 is 11.3 Å². The van der Waals surface area contributed by atoms with E-state index < -0.39 is 0 Å². The first-order valence-electron chi connectivity index (χ1n) is 6.96. The molecule has 2 aromatic rings. The van der Waals surface area contributed by atoms with Crippen molar-refractivity contribution in [1.82, 2.24) is 9.88 Å². The normalized spacial score (nSPS) is 18.8. The summed E-state index contributed by atoms with van der Waals surface area (Å²) in [4.78, 5) is 19.0. The molecule has 110 valence electrons. The van der Waals surface area contributed by atoms with Crippen molar-refractivity contribution in [2.45, 2.75) is 12.2 Å². The lowest BCUT2D eigenvalue weighted by Crippen LogP contribution is -2.41. The Bertz CT molecular complexity index is 676. The smallest absolute Gasteiger partial charge is 0.256 e. The van der Waals surface area contributed by atoms with Gasteiger partial charge in [0.25, 0.3) is 5.91 Å². The number of carbonyl (C=O) groups is 1. The van der Waals surface area contributed by atoms with E-state index in [1.165, 1.54) is 0 Å². The number of amides is 1. The van der Waals surface area contributed by atoms with Gasteiger partial charge in [0, 0.05) is 35.7 Å². The topological polar surface area (TPSA) is 71.2 Å². The van der Waals surface area contributed by atoms with Gasteiger partial charge in [0.1, 0.15) is 5.82 Å². The number of nitrogen functional groups attached to an aromatic ring is 1. The average molecular weight is 302 g/mol. The lowest BCUT2D eigenvalue weighted by Gasteiger charge is -2.30. The fraction of sp³-hybridized carbons (Fsp3) is 0.333. The van der Waals surface area contributed by atoms with E-state index in [1.54, 1.807) is 6.20 Å². The van der Waals surface area contributed by atoms with Gasteiger partial charge in [0.2, 0.25) is 0 Å². The Kier molecular flexibility index (Phi) is 3.98. The second-order valence-corrected chi connectivity index (χ2v) is 6.69. The summed E-state index contributed by atoms with van der Waals surface area (Å²) in [7, 11) is 0. The van der Waals surface area contributed by atoms with E-state index in [4.69, 9.17) is 5.84 Å². The zero-order valence-corrected chi connectivity index (χ0v) is 12.7. The summed E-state index contributed by atoms with van der Waals surface area (Å²) < 4.78 is 0. The fourth-order valence-electron chi connectivity index (χ4n) is 2.65. The van der Waals surface area contributed by atoms with Crippen molar-refractivity contribution in [3.63, 3.8) is 0 Å². The number of carbonyl (C=O) groups excluding carboxylic acids is 1. The fourth-order valence-corrected chi connectivity index (χ4v) is 3.66. The van der Waals surface area contributed by atoms with Crippen molar-refractivity contribution in [1.29, 1.82) is 0 Å². The highest BCUT2D eigenvalue weighted by molar-refractivity contribution is 7.99. The van der Waals surface area contributed by atoms with Crippen LogP contribution in [0.15, 0.2) is 30.5 Å². The average Bonchev–Trinajstić information content (AvgIpc) is 2.53. The van der Waals surface area contributed by atoms with Crippen LogP contribution in [0.1, 0.15) is 17.3 Å². The lowest BCUT2D eigenvalue weighted by atomic mass is 10.1. The van der Waals surface area contributed by atoms with Gasteiger partial charge in [-0.1, -0.05) is 31.2 Å². The maximum Gasteiger partial charge on any atom is 0.256 e. The summed E-state index contributed by atoms with van der Waals surface area (Å²) in [6.07, 6.45) is 1.62. The number of rotatable bonds is 2. The maximum absolute atomic E-state index is 12.8. The predicted molar refractivity (Wildman–Crippen MR) is 87.4 cm³/mol. The van der Waals surface area contributed by atoms with Gasteiger partial charge < -0.3 is 10.3 Å². The second kappa shape index (κ2) is 5.91. The van der Waals surface area contributed by atoms with E-state index in [0.717, 1.165) is 29.6 Å². The van der Waals surface area contributed by atoms with Crippen LogP contribution in [0.25, 0.3) is 10.8 Å². The first-order valence-corrected chi connectivity index (χ1v) is 8.01. The quantitative estimate of drug-likeness (QED) is 0.656. The maximum atomic E-state index is 12.8. The van der Waals surface area contributed by atoms with Crippen LogP contribution in [0.3, 0.4) is 0 Å². The first-order chi connectivity index (χ1) is 10.2. The molecule has 3 rings (SSSR count). The minimum atomic E-state index is 0.0504. The first kappa shape index (κ1) is 14.2. The predicted octanol–water partition coefficient (Wildman–Crippen LogP) is 2.10. The number of thioether (sulfide) groups is 1. The zero-order valence-electron chi connectivity index (χ0n) is 11.9. The Hall–Kier alpha value is -1.79. The zero-order chi connectivity index (χ0) is 14.8. The van der Waals surface area contributed by atoms with E-state index >= 15 is 0 Å². The summed E-state index contributed by atoms with van der Waals surface area (Å²) in [6.45, 7) is 3.73. The highest BCUT2D eigenvalue weighted by Gasteiger charge is 2.24. The van der Waals surface area contributed by atoms with E-state index in [1.807, 2.05) is 40.9 Å². The molecule has 0 radical (unpaired) electrons. The molecule has 1 amide bonds. The number of pyridine rings is 1. The number of aromatic nitrogens is 1. The highest BCUT2D eigenvalue weighted by Crippen LogP contribution is 2.26. The Morgan fingerprint density at radius 3 is 2.90 bits per heavy atom. The number of nitrogens with one attached hydrogen (secondary N) is 1. The van der Waals surface area contributed by atoms with Gasteiger partial charge in [-0.25, -0.2) is 10.8 Å². The van der Waals surface area contributed by atoms with Gasteiger partial charge in [-0.2, -0.15) is 11.8 Å². The van der Waals surface area contributed by atoms with Crippen molar-refractivity contribution in [2.24, 2.45) is 5.84 Å². The largest absolute Gasteiger partial charge is 0.337 e. The van der Waals surface area contributed by atoms with Crippen LogP contribution in [0.4, 0.5) is 5.82 Å². The minimum Gasteiger partial charge on any atom is -0.337 e. The standard InChI is InChI=1S/C15H18N4OS/c1-10-9-19(6-7-21-10)15(20)13-8-17-14(18-16)12-5-3-2-4-11(12)13/h2-5,8,10H,6-7,9,16H2,1H3,(H,17,18). The van der Waals surface area contributed by atoms with Crippen molar-refractivity contribution in [3.05, 3.63) is 36.0 Å². The molecule has 21 heavy (non-hydrogen) atoms. The molecule has 5 nitrogen and oxygen atoms in total. The molecular weight excluding hydrogens is 284 g/mol. The number of nitrogens with zero attached hydrogens (tertiary/aromatic N) is 2. The molecule has 1 aromatic heterocycles. The second-order valence-electron chi connectivity index (χ2n) is 5.14. The van der Waals surface area contributed by atoms with Crippen LogP contribution in [0, 0.1) is 0 Å². The molecule has 1 atom stereocenters. The number of benzene rings is 1. The van der Waals surface area contributed by atoms with E-state index in [9.17, 15) is 4.79 Å². The number of hydrogen-bond acceptors (Lipinski definition) is 5. The molecule has 3 N–H and O–H groups in total. The Balaban J connectivity index is 2.02. The number of hydrogen-bond donors (Lipinski definition) is 2. The molecule has 1 aliphatic heterocycles. The number of fused-ring (bicyclic) bond motifs is 1. The van der Waals surface area contributed by atoms with E-state index in [-0.39, 0.29) is 5.91 Å². The number of hydrazine groups is 1. The van der Waals surface area contributed by atoms with Crippen LogP contribution in [0.2, 0.25) is 0 Å². The van der Waals surface area contributed by atoms with Gasteiger partial charge in [0.15, 0.2) is 0 Å². The molecule has 6 heteroatoms. The molecule has 1 saturated heterocycles. The van der Waals surface area contributed by atoms with Crippen LogP contribution in [-0.4, -0.2) is 39.9 Å². The van der Waals surface area contributed by atoms with Gasteiger partial charge in [-0.05, 0) is 5.39 Å². The number of anilines is 1. The molecule has 0 aliphatic carbocycles. The summed E-state index contributed by atoms with van der Waals surface area (Å²) in [5, 5.41) is 2.23. The Labute approximate surface area is 127 Å².